The molecule has 1 N–H and O–H groups in total. The first-order valence-corrected chi connectivity index (χ1v) is 9.13. The predicted octanol–water partition coefficient (Wildman–Crippen LogP) is 5.71. The van der Waals surface area contributed by atoms with Crippen molar-refractivity contribution in [2.24, 2.45) is 11.8 Å². The molecule has 1 unspecified atom stereocenters. The van der Waals surface area contributed by atoms with E-state index in [1.54, 1.807) is 11.8 Å². The summed E-state index contributed by atoms with van der Waals surface area (Å²) in [5, 5.41) is 10.5. The van der Waals surface area contributed by atoms with Crippen molar-refractivity contribution in [2.75, 3.05) is 5.75 Å². The average Bonchev–Trinajstić information content (AvgIpc) is 2.48. The molecule has 0 radical (unpaired) electrons. The van der Waals surface area contributed by atoms with Gasteiger partial charge in [0.05, 0.1) is 6.10 Å². The van der Waals surface area contributed by atoms with Gasteiger partial charge < -0.3 is 5.11 Å². The molecule has 3 atom stereocenters. The maximum absolute atomic E-state index is 10.5. The summed E-state index contributed by atoms with van der Waals surface area (Å²) in [4.78, 5) is 1.25. The van der Waals surface area contributed by atoms with Crippen LogP contribution in [0.15, 0.2) is 59.5 Å². The van der Waals surface area contributed by atoms with Gasteiger partial charge in [0.2, 0.25) is 0 Å². The minimum absolute atomic E-state index is 0.149. The molecule has 0 aliphatic heterocycles. The molecule has 1 nitrogen and oxygen atoms in total. The standard InChI is InChI=1S/C20H30OS/c1-5-18(15-22-19-12-7-6-8-13-19)20(21)14-17(4)11-9-10-16(2)3/h5-8,10,12-13,17-18,20-21H,1,9,11,14-15H2,2-4H3/t17?,18-,20-/m0/s1. The van der Waals surface area contributed by atoms with E-state index in [1.807, 2.05) is 24.3 Å². The lowest BCUT2D eigenvalue weighted by Gasteiger charge is -2.22. The number of hydrogen-bond donors (Lipinski definition) is 1. The molecule has 0 saturated carbocycles. The molecule has 0 amide bonds. The van der Waals surface area contributed by atoms with Crippen molar-refractivity contribution in [3.05, 3.63) is 54.6 Å². The van der Waals surface area contributed by atoms with E-state index < -0.39 is 0 Å². The Kier molecular flexibility index (Phi) is 9.26. The summed E-state index contributed by atoms with van der Waals surface area (Å²) in [5.74, 6) is 1.57. The second-order valence-corrected chi connectivity index (χ2v) is 7.38. The summed E-state index contributed by atoms with van der Waals surface area (Å²) in [6.07, 6.45) is 6.98. The molecular weight excluding hydrogens is 288 g/mol. The molecule has 22 heavy (non-hydrogen) atoms. The Balaban J connectivity index is 2.38. The zero-order valence-corrected chi connectivity index (χ0v) is 15.0. The van der Waals surface area contributed by atoms with E-state index in [-0.39, 0.29) is 12.0 Å². The van der Waals surface area contributed by atoms with Crippen LogP contribution in [0.3, 0.4) is 0 Å². The van der Waals surface area contributed by atoms with Gasteiger partial charge in [-0.25, -0.2) is 0 Å². The van der Waals surface area contributed by atoms with Crippen LogP contribution in [-0.4, -0.2) is 17.0 Å². The highest BCUT2D eigenvalue weighted by atomic mass is 32.2. The highest BCUT2D eigenvalue weighted by Gasteiger charge is 2.18. The highest BCUT2D eigenvalue weighted by molar-refractivity contribution is 7.99. The van der Waals surface area contributed by atoms with Crippen LogP contribution in [0.25, 0.3) is 0 Å². The van der Waals surface area contributed by atoms with Crippen LogP contribution in [-0.2, 0) is 0 Å². The summed E-state index contributed by atoms with van der Waals surface area (Å²) in [6, 6.07) is 10.3. The van der Waals surface area contributed by atoms with E-state index in [9.17, 15) is 5.11 Å². The predicted molar refractivity (Wildman–Crippen MR) is 99.3 cm³/mol. The van der Waals surface area contributed by atoms with E-state index in [1.165, 1.54) is 10.5 Å². The van der Waals surface area contributed by atoms with Crippen LogP contribution in [0.5, 0.6) is 0 Å². The van der Waals surface area contributed by atoms with Crippen molar-refractivity contribution in [1.29, 1.82) is 0 Å². The fourth-order valence-corrected chi connectivity index (χ4v) is 3.50. The summed E-state index contributed by atoms with van der Waals surface area (Å²) < 4.78 is 0. The Hall–Kier alpha value is -0.990. The van der Waals surface area contributed by atoms with Crippen molar-refractivity contribution in [3.8, 4) is 0 Å². The molecular formula is C20H30OS. The van der Waals surface area contributed by atoms with Gasteiger partial charge in [0.15, 0.2) is 0 Å². The third-order valence-corrected chi connectivity index (χ3v) is 5.00. The Bertz CT molecular complexity index is 448. The van der Waals surface area contributed by atoms with Gasteiger partial charge >= 0.3 is 0 Å². The van der Waals surface area contributed by atoms with Gasteiger partial charge in [-0.3, -0.25) is 0 Å². The second kappa shape index (κ2) is 10.7. The number of benzene rings is 1. The summed E-state index contributed by atoms with van der Waals surface area (Å²) >= 11 is 1.79. The largest absolute Gasteiger partial charge is 0.392 e. The molecule has 0 spiro atoms. The summed E-state index contributed by atoms with van der Waals surface area (Å²) in [7, 11) is 0. The minimum atomic E-state index is -0.296. The van der Waals surface area contributed by atoms with E-state index in [0.29, 0.717) is 5.92 Å². The third-order valence-electron chi connectivity index (χ3n) is 3.84. The maximum Gasteiger partial charge on any atom is 0.0613 e. The molecule has 2 heteroatoms. The van der Waals surface area contributed by atoms with Crippen LogP contribution in [0, 0.1) is 11.8 Å². The SMILES string of the molecule is C=C[C@@H](CSc1ccccc1)[C@@H](O)CC(C)CCC=C(C)C. The molecule has 0 bridgehead atoms. The molecule has 0 aliphatic rings. The van der Waals surface area contributed by atoms with Crippen molar-refractivity contribution in [1.82, 2.24) is 0 Å². The van der Waals surface area contributed by atoms with Gasteiger partial charge in [-0.15, -0.1) is 18.3 Å². The molecule has 0 fully saturated rings. The molecule has 0 heterocycles. The number of rotatable bonds is 10. The van der Waals surface area contributed by atoms with E-state index in [0.717, 1.165) is 25.0 Å². The van der Waals surface area contributed by atoms with Crippen LogP contribution in [0.1, 0.15) is 40.0 Å². The first kappa shape index (κ1) is 19.1. The van der Waals surface area contributed by atoms with Gasteiger partial charge in [0.1, 0.15) is 0 Å². The number of allylic oxidation sites excluding steroid dienone is 2. The topological polar surface area (TPSA) is 20.2 Å². The summed E-state index contributed by atoms with van der Waals surface area (Å²) in [5.41, 5.74) is 1.37. The first-order valence-electron chi connectivity index (χ1n) is 8.14. The second-order valence-electron chi connectivity index (χ2n) is 6.29. The third kappa shape index (κ3) is 7.86. The van der Waals surface area contributed by atoms with Crippen molar-refractivity contribution in [2.45, 2.75) is 51.0 Å². The Morgan fingerprint density at radius 3 is 2.55 bits per heavy atom. The minimum Gasteiger partial charge on any atom is -0.392 e. The normalized spacial score (nSPS) is 14.9. The maximum atomic E-state index is 10.5. The molecule has 1 aromatic carbocycles. The number of aliphatic hydroxyl groups excluding tert-OH is 1. The monoisotopic (exact) mass is 318 g/mol. The number of thioether (sulfide) groups is 1. The fraction of sp³-hybridized carbons (Fsp3) is 0.500. The van der Waals surface area contributed by atoms with E-state index in [2.05, 4.69) is 45.6 Å². The van der Waals surface area contributed by atoms with Crippen LogP contribution >= 0.6 is 11.8 Å². The van der Waals surface area contributed by atoms with Crippen LogP contribution < -0.4 is 0 Å². The molecule has 1 rings (SSSR count). The lowest BCUT2D eigenvalue weighted by Crippen LogP contribution is -2.23. The van der Waals surface area contributed by atoms with E-state index >= 15 is 0 Å². The lowest BCUT2D eigenvalue weighted by molar-refractivity contribution is 0.112. The zero-order valence-electron chi connectivity index (χ0n) is 14.2. The Morgan fingerprint density at radius 2 is 1.95 bits per heavy atom. The van der Waals surface area contributed by atoms with Crippen molar-refractivity contribution in [3.63, 3.8) is 0 Å². The van der Waals surface area contributed by atoms with E-state index in [4.69, 9.17) is 0 Å². The quantitative estimate of drug-likeness (QED) is 0.440. The molecule has 122 valence electrons. The van der Waals surface area contributed by atoms with Gasteiger partial charge in [0, 0.05) is 16.6 Å². The van der Waals surface area contributed by atoms with Crippen LogP contribution in [0.2, 0.25) is 0 Å². The molecule has 0 aliphatic carbocycles. The number of aliphatic hydroxyl groups is 1. The van der Waals surface area contributed by atoms with Gasteiger partial charge in [-0.05, 0) is 51.2 Å². The molecule has 0 aromatic heterocycles. The smallest absolute Gasteiger partial charge is 0.0613 e. The molecule has 1 aromatic rings. The number of hydrogen-bond acceptors (Lipinski definition) is 2. The lowest BCUT2D eigenvalue weighted by atomic mass is 9.92. The highest BCUT2D eigenvalue weighted by Crippen LogP contribution is 2.25. The Labute approximate surface area is 140 Å². The molecule has 0 saturated heterocycles. The van der Waals surface area contributed by atoms with Gasteiger partial charge in [-0.1, -0.05) is 42.8 Å². The van der Waals surface area contributed by atoms with Crippen molar-refractivity contribution >= 4 is 11.8 Å². The van der Waals surface area contributed by atoms with Crippen LogP contribution in [0.4, 0.5) is 0 Å². The fourth-order valence-electron chi connectivity index (χ4n) is 2.41. The van der Waals surface area contributed by atoms with Gasteiger partial charge in [0.25, 0.3) is 0 Å². The average molecular weight is 319 g/mol. The first-order chi connectivity index (χ1) is 10.5. The summed E-state index contributed by atoms with van der Waals surface area (Å²) in [6.45, 7) is 10.4. The zero-order chi connectivity index (χ0) is 16.4. The Morgan fingerprint density at radius 1 is 1.27 bits per heavy atom. The van der Waals surface area contributed by atoms with Crippen molar-refractivity contribution < 1.29 is 5.11 Å². The van der Waals surface area contributed by atoms with Gasteiger partial charge in [-0.2, -0.15) is 0 Å².